The predicted octanol–water partition coefficient (Wildman–Crippen LogP) is 4.00. The number of nitrogens with zero attached hydrogens (tertiary/aromatic N) is 3. The van der Waals surface area contributed by atoms with Gasteiger partial charge in [-0.1, -0.05) is 6.92 Å². The van der Waals surface area contributed by atoms with Crippen molar-refractivity contribution in [3.63, 3.8) is 0 Å². The van der Waals surface area contributed by atoms with Gasteiger partial charge in [-0.2, -0.15) is 5.10 Å². The van der Waals surface area contributed by atoms with Gasteiger partial charge < -0.3 is 15.8 Å². The number of thiophene rings is 1. The van der Waals surface area contributed by atoms with Gasteiger partial charge in [0.15, 0.2) is 0 Å². The maximum Gasteiger partial charge on any atom is 0.341 e. The van der Waals surface area contributed by atoms with Gasteiger partial charge >= 0.3 is 11.7 Å². The number of rotatable bonds is 8. The average Bonchev–Trinajstić information content (AvgIpc) is 3.39. The summed E-state index contributed by atoms with van der Waals surface area (Å²) in [7, 11) is 0. The summed E-state index contributed by atoms with van der Waals surface area (Å²) in [4.78, 5) is 49.3. The number of hydrogen-bond donors (Lipinski definition) is 2. The molecule has 11 nitrogen and oxygen atoms in total. The Morgan fingerprint density at radius 3 is 2.39 bits per heavy atom. The Bertz CT molecular complexity index is 1230. The highest BCUT2D eigenvalue weighted by atomic mass is 32.1. The molecule has 4 saturated carbocycles. The second kappa shape index (κ2) is 8.99. The van der Waals surface area contributed by atoms with E-state index < -0.39 is 22.7 Å². The molecule has 36 heavy (non-hydrogen) atoms. The topological polar surface area (TPSA) is 159 Å². The highest BCUT2D eigenvalue weighted by Gasteiger charge is 2.53. The maximum atomic E-state index is 13.3. The van der Waals surface area contributed by atoms with Gasteiger partial charge in [-0.3, -0.25) is 24.4 Å². The fourth-order valence-corrected chi connectivity index (χ4v) is 7.80. The lowest BCUT2D eigenvalue weighted by Gasteiger charge is -2.56. The van der Waals surface area contributed by atoms with E-state index in [2.05, 4.69) is 10.4 Å². The first-order valence-electron chi connectivity index (χ1n) is 12.3. The third kappa shape index (κ3) is 4.06. The van der Waals surface area contributed by atoms with E-state index in [0.717, 1.165) is 30.6 Å². The van der Waals surface area contributed by atoms with Crippen LogP contribution in [0.5, 0.6) is 0 Å². The molecule has 4 fully saturated rings. The van der Waals surface area contributed by atoms with Gasteiger partial charge in [-0.05, 0) is 75.2 Å². The van der Waals surface area contributed by atoms with E-state index in [9.17, 15) is 24.5 Å². The summed E-state index contributed by atoms with van der Waals surface area (Å²) in [5.41, 5.74) is 4.74. The van der Waals surface area contributed by atoms with E-state index in [4.69, 9.17) is 10.5 Å². The van der Waals surface area contributed by atoms with Crippen LogP contribution in [0.1, 0.15) is 88.0 Å². The van der Waals surface area contributed by atoms with Gasteiger partial charge in [-0.25, -0.2) is 4.79 Å². The molecule has 0 saturated heterocycles. The summed E-state index contributed by atoms with van der Waals surface area (Å²) in [6.07, 6.45) is 8.32. The van der Waals surface area contributed by atoms with Crippen molar-refractivity contribution in [3.8, 4) is 0 Å². The number of hydrogen-bond acceptors (Lipinski definition) is 8. The molecule has 0 spiro atoms. The lowest BCUT2D eigenvalue weighted by Crippen LogP contribution is -2.52. The maximum absolute atomic E-state index is 13.3. The standard InChI is InChI=1S/C24H29N5O6S/c1-3-4-35-23(32)17-12(2)19(20(25)30)36-22(17)26-21(31)18-16(29(33)34)11-28(27-18)24-8-13-5-14(9-24)7-15(6-13)10-24/h11,13-15H,3-10H2,1-2H3,(H2,25,30)(H,26,31). The molecule has 0 radical (unpaired) electrons. The zero-order chi connectivity index (χ0) is 25.8. The first-order chi connectivity index (χ1) is 17.1. The molecule has 0 unspecified atom stereocenters. The number of anilines is 1. The van der Waals surface area contributed by atoms with Crippen LogP contribution >= 0.6 is 11.3 Å². The van der Waals surface area contributed by atoms with E-state index in [-0.39, 0.29) is 44.5 Å². The molecule has 2 aromatic rings. The molecule has 192 valence electrons. The molecule has 4 bridgehead atoms. The van der Waals surface area contributed by atoms with Crippen molar-refractivity contribution in [2.75, 3.05) is 11.9 Å². The minimum Gasteiger partial charge on any atom is -0.462 e. The number of nitro groups is 1. The number of ether oxygens (including phenoxy) is 1. The van der Waals surface area contributed by atoms with Gasteiger partial charge in [0.05, 0.1) is 27.5 Å². The Morgan fingerprint density at radius 1 is 1.25 bits per heavy atom. The third-order valence-corrected chi connectivity index (χ3v) is 9.06. The Kier molecular flexibility index (Phi) is 6.09. The molecule has 2 aromatic heterocycles. The number of aromatic nitrogens is 2. The second-order valence-electron chi connectivity index (χ2n) is 10.4. The molecule has 0 aliphatic heterocycles. The smallest absolute Gasteiger partial charge is 0.341 e. The second-order valence-corrected chi connectivity index (χ2v) is 11.4. The normalized spacial score (nSPS) is 26.1. The molecular weight excluding hydrogens is 486 g/mol. The molecule has 0 atom stereocenters. The van der Waals surface area contributed by atoms with E-state index in [1.54, 1.807) is 11.6 Å². The highest BCUT2D eigenvalue weighted by molar-refractivity contribution is 7.18. The van der Waals surface area contributed by atoms with Crippen LogP contribution in [0.25, 0.3) is 0 Å². The number of nitrogens with two attached hydrogens (primary N) is 1. The van der Waals surface area contributed by atoms with Crippen LogP contribution in [-0.4, -0.2) is 39.1 Å². The van der Waals surface area contributed by atoms with Gasteiger partial charge in [0.2, 0.25) is 5.69 Å². The monoisotopic (exact) mass is 515 g/mol. The average molecular weight is 516 g/mol. The minimum atomic E-state index is -0.827. The first kappa shape index (κ1) is 24.4. The Labute approximate surface area is 211 Å². The van der Waals surface area contributed by atoms with E-state index in [1.165, 1.54) is 25.5 Å². The van der Waals surface area contributed by atoms with E-state index in [1.807, 2.05) is 6.92 Å². The number of amides is 2. The quantitative estimate of drug-likeness (QED) is 0.305. The molecule has 12 heteroatoms. The van der Waals surface area contributed by atoms with Crippen LogP contribution in [0.2, 0.25) is 0 Å². The number of carbonyl (C=O) groups is 3. The van der Waals surface area contributed by atoms with Crippen molar-refractivity contribution >= 4 is 39.8 Å². The molecule has 0 aromatic carbocycles. The summed E-state index contributed by atoms with van der Waals surface area (Å²) >= 11 is 0.836. The lowest BCUT2D eigenvalue weighted by atomic mass is 9.53. The molecule has 2 amide bonds. The zero-order valence-corrected chi connectivity index (χ0v) is 21.1. The fraction of sp³-hybridized carbons (Fsp3) is 0.583. The van der Waals surface area contributed by atoms with Crippen LogP contribution < -0.4 is 11.1 Å². The largest absolute Gasteiger partial charge is 0.462 e. The summed E-state index contributed by atoms with van der Waals surface area (Å²) in [5.74, 6) is -0.507. The van der Waals surface area contributed by atoms with Crippen molar-refractivity contribution < 1.29 is 24.0 Å². The summed E-state index contributed by atoms with van der Waals surface area (Å²) < 4.78 is 6.88. The minimum absolute atomic E-state index is 0.0127. The van der Waals surface area contributed by atoms with Crippen molar-refractivity contribution in [1.29, 1.82) is 0 Å². The van der Waals surface area contributed by atoms with Crippen molar-refractivity contribution in [2.24, 2.45) is 23.5 Å². The summed E-state index contributed by atoms with van der Waals surface area (Å²) in [6.45, 7) is 3.54. The van der Waals surface area contributed by atoms with Crippen molar-refractivity contribution in [1.82, 2.24) is 9.78 Å². The van der Waals surface area contributed by atoms with Crippen LogP contribution in [-0.2, 0) is 10.3 Å². The lowest BCUT2D eigenvalue weighted by molar-refractivity contribution is -0.385. The molecule has 4 aliphatic carbocycles. The Morgan fingerprint density at radius 2 is 1.86 bits per heavy atom. The zero-order valence-electron chi connectivity index (χ0n) is 20.2. The van der Waals surface area contributed by atoms with Crippen LogP contribution in [0, 0.1) is 34.8 Å². The third-order valence-electron chi connectivity index (χ3n) is 7.84. The summed E-state index contributed by atoms with van der Waals surface area (Å²) in [6, 6.07) is 0. The van der Waals surface area contributed by atoms with Crippen LogP contribution in [0.3, 0.4) is 0 Å². The molecule has 6 rings (SSSR count). The number of nitrogens with one attached hydrogen (secondary N) is 1. The van der Waals surface area contributed by atoms with Crippen LogP contribution in [0.4, 0.5) is 10.7 Å². The van der Waals surface area contributed by atoms with E-state index in [0.29, 0.717) is 24.2 Å². The first-order valence-corrected chi connectivity index (χ1v) is 13.1. The van der Waals surface area contributed by atoms with Gasteiger partial charge in [0, 0.05) is 0 Å². The Balaban J connectivity index is 1.48. The number of primary amides is 1. The van der Waals surface area contributed by atoms with Crippen molar-refractivity contribution in [2.45, 2.75) is 64.3 Å². The Hall–Kier alpha value is -3.28. The fourth-order valence-electron chi connectivity index (χ4n) is 6.76. The molecular formula is C24H29N5O6S. The summed E-state index contributed by atoms with van der Waals surface area (Å²) in [5, 5.41) is 19.0. The van der Waals surface area contributed by atoms with Crippen molar-refractivity contribution in [3.05, 3.63) is 38.0 Å². The van der Waals surface area contributed by atoms with Gasteiger partial charge in [-0.15, -0.1) is 11.3 Å². The highest BCUT2D eigenvalue weighted by Crippen LogP contribution is 2.58. The van der Waals surface area contributed by atoms with Crippen LogP contribution in [0.15, 0.2) is 6.20 Å². The van der Waals surface area contributed by atoms with Gasteiger partial charge in [0.25, 0.3) is 11.8 Å². The van der Waals surface area contributed by atoms with E-state index >= 15 is 0 Å². The number of esters is 1. The molecule has 2 heterocycles. The predicted molar refractivity (Wildman–Crippen MR) is 131 cm³/mol. The van der Waals surface area contributed by atoms with Gasteiger partial charge in [0.1, 0.15) is 11.2 Å². The molecule has 3 N–H and O–H groups in total. The molecule has 4 aliphatic rings. The number of carbonyl (C=O) groups excluding carboxylic acids is 3. The SMILES string of the molecule is CCCOC(=O)c1c(NC(=O)c2nn(C34CC5CC(CC(C5)C3)C4)cc2[N+](=O)[O-])sc(C(N)=O)c1C.